The van der Waals surface area contributed by atoms with Gasteiger partial charge in [0, 0.05) is 5.56 Å². The summed E-state index contributed by atoms with van der Waals surface area (Å²) in [6.07, 6.45) is 0. The smallest absolute Gasteiger partial charge is 0.175 e. The quantitative estimate of drug-likeness (QED) is 0.436. The van der Waals surface area contributed by atoms with Gasteiger partial charge >= 0.3 is 0 Å². The van der Waals surface area contributed by atoms with Crippen molar-refractivity contribution < 1.29 is 9.47 Å². The number of methoxy groups -OCH3 is 1. The van der Waals surface area contributed by atoms with E-state index in [-0.39, 0.29) is 0 Å². The number of aromatic nitrogens is 2. The zero-order chi connectivity index (χ0) is 18.8. The first-order valence-electron chi connectivity index (χ1n) is 8.65. The molecule has 0 saturated heterocycles. The van der Waals surface area contributed by atoms with Crippen LogP contribution in [-0.2, 0) is 6.61 Å². The minimum absolute atomic E-state index is 0.471. The molecule has 0 bridgehead atoms. The van der Waals surface area contributed by atoms with E-state index in [4.69, 9.17) is 9.47 Å². The molecule has 136 valence electrons. The summed E-state index contributed by atoms with van der Waals surface area (Å²) in [6, 6.07) is 20.2. The van der Waals surface area contributed by atoms with Gasteiger partial charge in [-0.15, -0.1) is 0 Å². The van der Waals surface area contributed by atoms with E-state index in [1.807, 2.05) is 36.4 Å². The lowest BCUT2D eigenvalue weighted by molar-refractivity contribution is 0.282. The SMILES string of the molecule is COc1cc(-c2nc3ccccc3[nH]2)cc(Br)c1OCc1ccc(C)cc1. The molecule has 0 aliphatic heterocycles. The van der Waals surface area contributed by atoms with E-state index in [9.17, 15) is 0 Å². The highest BCUT2D eigenvalue weighted by atomic mass is 79.9. The van der Waals surface area contributed by atoms with E-state index in [2.05, 4.69) is 57.1 Å². The molecule has 4 nitrogen and oxygen atoms in total. The minimum atomic E-state index is 0.471. The monoisotopic (exact) mass is 422 g/mol. The highest BCUT2D eigenvalue weighted by Crippen LogP contribution is 2.39. The van der Waals surface area contributed by atoms with Gasteiger partial charge in [-0.2, -0.15) is 0 Å². The second-order valence-electron chi connectivity index (χ2n) is 6.37. The molecule has 0 radical (unpaired) electrons. The summed E-state index contributed by atoms with van der Waals surface area (Å²) in [4.78, 5) is 8.00. The fraction of sp³-hybridized carbons (Fsp3) is 0.136. The predicted octanol–water partition coefficient (Wildman–Crippen LogP) is 5.89. The van der Waals surface area contributed by atoms with Crippen LogP contribution < -0.4 is 9.47 Å². The van der Waals surface area contributed by atoms with Gasteiger partial charge in [-0.3, -0.25) is 0 Å². The van der Waals surface area contributed by atoms with Crippen LogP contribution in [0.4, 0.5) is 0 Å². The molecule has 3 aromatic carbocycles. The molecule has 0 spiro atoms. The van der Waals surface area contributed by atoms with E-state index >= 15 is 0 Å². The average Bonchev–Trinajstić information content (AvgIpc) is 3.12. The van der Waals surface area contributed by atoms with Crippen molar-refractivity contribution in [1.82, 2.24) is 9.97 Å². The number of ether oxygens (including phenoxy) is 2. The normalized spacial score (nSPS) is 10.9. The molecule has 0 aliphatic carbocycles. The number of hydrogen-bond donors (Lipinski definition) is 1. The molecule has 4 rings (SSSR count). The van der Waals surface area contributed by atoms with Crippen molar-refractivity contribution in [3.05, 3.63) is 76.3 Å². The van der Waals surface area contributed by atoms with E-state index in [0.717, 1.165) is 32.5 Å². The lowest BCUT2D eigenvalue weighted by atomic mass is 10.1. The molecule has 1 N–H and O–H groups in total. The van der Waals surface area contributed by atoms with E-state index < -0.39 is 0 Å². The largest absolute Gasteiger partial charge is 0.493 e. The summed E-state index contributed by atoms with van der Waals surface area (Å²) in [6.45, 7) is 2.54. The number of aromatic amines is 1. The summed E-state index contributed by atoms with van der Waals surface area (Å²) in [5, 5.41) is 0. The number of H-pyrrole nitrogens is 1. The molecule has 1 heterocycles. The summed E-state index contributed by atoms with van der Waals surface area (Å²) < 4.78 is 12.4. The Hall–Kier alpha value is -2.79. The first kappa shape index (κ1) is 17.6. The fourth-order valence-electron chi connectivity index (χ4n) is 2.93. The number of nitrogens with zero attached hydrogens (tertiary/aromatic N) is 1. The van der Waals surface area contributed by atoms with Crippen molar-refractivity contribution >= 4 is 27.0 Å². The first-order valence-corrected chi connectivity index (χ1v) is 9.44. The highest BCUT2D eigenvalue weighted by molar-refractivity contribution is 9.10. The van der Waals surface area contributed by atoms with Crippen LogP contribution in [0, 0.1) is 6.92 Å². The Morgan fingerprint density at radius 3 is 2.56 bits per heavy atom. The van der Waals surface area contributed by atoms with Gasteiger partial charge in [-0.25, -0.2) is 4.98 Å². The third-order valence-corrected chi connectivity index (χ3v) is 4.99. The number of para-hydroxylation sites is 2. The molecule has 0 atom stereocenters. The van der Waals surface area contributed by atoms with Crippen LogP contribution in [0.5, 0.6) is 11.5 Å². The van der Waals surface area contributed by atoms with Crippen molar-refractivity contribution in [2.45, 2.75) is 13.5 Å². The maximum atomic E-state index is 6.03. The van der Waals surface area contributed by atoms with Crippen LogP contribution in [0.3, 0.4) is 0 Å². The van der Waals surface area contributed by atoms with Crippen molar-refractivity contribution in [3.8, 4) is 22.9 Å². The summed E-state index contributed by atoms with van der Waals surface area (Å²) in [5.74, 6) is 2.13. The van der Waals surface area contributed by atoms with E-state index in [1.165, 1.54) is 5.56 Å². The van der Waals surface area contributed by atoms with E-state index in [1.54, 1.807) is 7.11 Å². The molecule has 0 aliphatic rings. The number of rotatable bonds is 5. The van der Waals surface area contributed by atoms with Crippen molar-refractivity contribution in [1.29, 1.82) is 0 Å². The van der Waals surface area contributed by atoms with E-state index in [0.29, 0.717) is 18.1 Å². The van der Waals surface area contributed by atoms with Crippen LogP contribution in [0.25, 0.3) is 22.4 Å². The molecule has 0 unspecified atom stereocenters. The summed E-state index contributed by atoms with van der Waals surface area (Å²) in [7, 11) is 1.64. The molecule has 1 aromatic heterocycles. The Morgan fingerprint density at radius 2 is 1.81 bits per heavy atom. The Balaban J connectivity index is 1.64. The number of aryl methyl sites for hydroxylation is 1. The van der Waals surface area contributed by atoms with Gasteiger partial charge in [0.2, 0.25) is 0 Å². The Bertz CT molecular complexity index is 1050. The van der Waals surface area contributed by atoms with Crippen LogP contribution in [0.1, 0.15) is 11.1 Å². The van der Waals surface area contributed by atoms with Gasteiger partial charge in [0.1, 0.15) is 12.4 Å². The standard InChI is InChI=1S/C22H19BrN2O2/c1-14-7-9-15(10-8-14)13-27-21-17(23)11-16(12-20(21)26-2)22-24-18-5-3-4-6-19(18)25-22/h3-12H,13H2,1-2H3,(H,24,25). The van der Waals surface area contributed by atoms with Gasteiger partial charge in [-0.05, 0) is 52.7 Å². The number of imidazole rings is 1. The maximum Gasteiger partial charge on any atom is 0.175 e. The topological polar surface area (TPSA) is 47.1 Å². The molecule has 5 heteroatoms. The molecule has 0 saturated carbocycles. The van der Waals surface area contributed by atoms with Gasteiger partial charge in [0.25, 0.3) is 0 Å². The van der Waals surface area contributed by atoms with Crippen LogP contribution >= 0.6 is 15.9 Å². The van der Waals surface area contributed by atoms with Crippen molar-refractivity contribution in [2.75, 3.05) is 7.11 Å². The number of halogens is 1. The number of fused-ring (bicyclic) bond motifs is 1. The van der Waals surface area contributed by atoms with Gasteiger partial charge in [0.05, 0.1) is 22.6 Å². The second-order valence-corrected chi connectivity index (χ2v) is 7.22. The predicted molar refractivity (Wildman–Crippen MR) is 111 cm³/mol. The molecular formula is C22H19BrN2O2. The maximum absolute atomic E-state index is 6.03. The number of hydrogen-bond acceptors (Lipinski definition) is 3. The number of benzene rings is 3. The number of nitrogens with one attached hydrogen (secondary N) is 1. The van der Waals surface area contributed by atoms with Gasteiger partial charge < -0.3 is 14.5 Å². The molecular weight excluding hydrogens is 404 g/mol. The minimum Gasteiger partial charge on any atom is -0.493 e. The van der Waals surface area contributed by atoms with Crippen LogP contribution in [-0.4, -0.2) is 17.1 Å². The second kappa shape index (κ2) is 7.45. The summed E-state index contributed by atoms with van der Waals surface area (Å²) in [5.41, 5.74) is 5.20. The molecule has 0 amide bonds. The van der Waals surface area contributed by atoms with Gasteiger partial charge in [0.15, 0.2) is 11.5 Å². The lowest BCUT2D eigenvalue weighted by Gasteiger charge is -2.14. The van der Waals surface area contributed by atoms with Crippen LogP contribution in [0.2, 0.25) is 0 Å². The third kappa shape index (κ3) is 3.69. The zero-order valence-corrected chi connectivity index (χ0v) is 16.7. The van der Waals surface area contributed by atoms with Crippen LogP contribution in [0.15, 0.2) is 65.1 Å². The van der Waals surface area contributed by atoms with Gasteiger partial charge in [-0.1, -0.05) is 42.0 Å². The zero-order valence-electron chi connectivity index (χ0n) is 15.1. The third-order valence-electron chi connectivity index (χ3n) is 4.40. The lowest BCUT2D eigenvalue weighted by Crippen LogP contribution is -1.99. The molecule has 4 aromatic rings. The Morgan fingerprint density at radius 1 is 1.04 bits per heavy atom. The fourth-order valence-corrected chi connectivity index (χ4v) is 3.48. The average molecular weight is 423 g/mol. The summed E-state index contributed by atoms with van der Waals surface area (Å²) >= 11 is 3.62. The highest BCUT2D eigenvalue weighted by Gasteiger charge is 2.15. The Labute approximate surface area is 166 Å². The van der Waals surface area contributed by atoms with Crippen molar-refractivity contribution in [2.24, 2.45) is 0 Å². The van der Waals surface area contributed by atoms with Crippen molar-refractivity contribution in [3.63, 3.8) is 0 Å². The first-order chi connectivity index (χ1) is 13.1. The molecule has 0 fully saturated rings. The Kier molecular flexibility index (Phi) is 4.86. The molecule has 27 heavy (non-hydrogen) atoms.